The first kappa shape index (κ1) is 15.7. The second kappa shape index (κ2) is 7.31. The van der Waals surface area contributed by atoms with E-state index >= 15 is 0 Å². The summed E-state index contributed by atoms with van der Waals surface area (Å²) in [6, 6.07) is 1.09. The van der Waals surface area contributed by atoms with Crippen molar-refractivity contribution in [3.05, 3.63) is 35.1 Å². The second-order valence-corrected chi connectivity index (χ2v) is 4.79. The van der Waals surface area contributed by atoms with Gasteiger partial charge in [-0.15, -0.1) is 0 Å². The van der Waals surface area contributed by atoms with Crippen molar-refractivity contribution in [3.8, 4) is 0 Å². The number of benzene rings is 1. The predicted octanol–water partition coefficient (Wildman–Crippen LogP) is 4.89. The van der Waals surface area contributed by atoms with Crippen molar-refractivity contribution in [1.29, 1.82) is 0 Å². The highest BCUT2D eigenvalue weighted by Crippen LogP contribution is 2.22. The van der Waals surface area contributed by atoms with Crippen molar-refractivity contribution >= 4 is 5.78 Å². The molecule has 4 heteroatoms. The SMILES string of the molecule is CCCCC(CC)CC(=O)c1c(F)cc(F)cc1F. The topological polar surface area (TPSA) is 17.1 Å². The molecule has 0 aliphatic heterocycles. The summed E-state index contributed by atoms with van der Waals surface area (Å²) in [7, 11) is 0. The van der Waals surface area contributed by atoms with Crippen LogP contribution in [-0.2, 0) is 0 Å². The van der Waals surface area contributed by atoms with Crippen molar-refractivity contribution in [2.24, 2.45) is 5.92 Å². The van der Waals surface area contributed by atoms with E-state index in [2.05, 4.69) is 0 Å². The Bertz CT molecular complexity index is 420. The zero-order chi connectivity index (χ0) is 14.4. The zero-order valence-electron chi connectivity index (χ0n) is 11.3. The Labute approximate surface area is 111 Å². The van der Waals surface area contributed by atoms with Crippen molar-refractivity contribution in [2.45, 2.75) is 46.0 Å². The minimum Gasteiger partial charge on any atom is -0.294 e. The normalized spacial score (nSPS) is 12.5. The van der Waals surface area contributed by atoms with Crippen LogP contribution in [0.25, 0.3) is 0 Å². The van der Waals surface area contributed by atoms with Gasteiger partial charge in [0.2, 0.25) is 0 Å². The number of hydrogen-bond donors (Lipinski definition) is 0. The molecule has 106 valence electrons. The summed E-state index contributed by atoms with van der Waals surface area (Å²) in [5.74, 6) is -3.71. The predicted molar refractivity (Wildman–Crippen MR) is 68.6 cm³/mol. The highest BCUT2D eigenvalue weighted by molar-refractivity contribution is 5.96. The third-order valence-corrected chi connectivity index (χ3v) is 3.30. The molecule has 0 radical (unpaired) electrons. The van der Waals surface area contributed by atoms with Gasteiger partial charge in [0.25, 0.3) is 0 Å². The van der Waals surface area contributed by atoms with Crippen LogP contribution < -0.4 is 0 Å². The highest BCUT2D eigenvalue weighted by Gasteiger charge is 2.21. The van der Waals surface area contributed by atoms with Gasteiger partial charge in [-0.2, -0.15) is 0 Å². The maximum Gasteiger partial charge on any atom is 0.169 e. The van der Waals surface area contributed by atoms with E-state index in [9.17, 15) is 18.0 Å². The Morgan fingerprint density at radius 3 is 2.21 bits per heavy atom. The van der Waals surface area contributed by atoms with Gasteiger partial charge in [0.1, 0.15) is 17.5 Å². The second-order valence-electron chi connectivity index (χ2n) is 4.79. The summed E-state index contributed by atoms with van der Waals surface area (Å²) >= 11 is 0. The number of ketones is 1. The van der Waals surface area contributed by atoms with Gasteiger partial charge in [-0.1, -0.05) is 39.5 Å². The lowest BCUT2D eigenvalue weighted by atomic mass is 9.91. The molecular formula is C15H19F3O. The van der Waals surface area contributed by atoms with Crippen molar-refractivity contribution < 1.29 is 18.0 Å². The molecule has 0 bridgehead atoms. The molecular weight excluding hydrogens is 253 g/mol. The fraction of sp³-hybridized carbons (Fsp3) is 0.533. The Hall–Kier alpha value is -1.32. The summed E-state index contributed by atoms with van der Waals surface area (Å²) in [6.45, 7) is 4.00. The fourth-order valence-electron chi connectivity index (χ4n) is 2.12. The molecule has 0 heterocycles. The minimum absolute atomic E-state index is 0.107. The molecule has 0 saturated heterocycles. The number of Topliss-reactive ketones (excluding diaryl/α,β-unsaturated/α-hetero) is 1. The Balaban J connectivity index is 2.83. The molecule has 1 nitrogen and oxygen atoms in total. The number of carbonyl (C=O) groups is 1. The van der Waals surface area contributed by atoms with Gasteiger partial charge < -0.3 is 0 Å². The smallest absolute Gasteiger partial charge is 0.169 e. The Morgan fingerprint density at radius 2 is 1.74 bits per heavy atom. The van der Waals surface area contributed by atoms with E-state index in [1.54, 1.807) is 0 Å². The van der Waals surface area contributed by atoms with E-state index < -0.39 is 28.8 Å². The first-order valence-corrected chi connectivity index (χ1v) is 6.67. The number of hydrogen-bond acceptors (Lipinski definition) is 1. The number of carbonyl (C=O) groups excluding carboxylic acids is 1. The molecule has 1 rings (SSSR count). The van der Waals surface area contributed by atoms with Crippen LogP contribution in [0, 0.1) is 23.4 Å². The number of unbranched alkanes of at least 4 members (excludes halogenated alkanes) is 1. The molecule has 0 aromatic heterocycles. The number of rotatable bonds is 7. The molecule has 0 aliphatic carbocycles. The fourth-order valence-corrected chi connectivity index (χ4v) is 2.12. The van der Waals surface area contributed by atoms with Gasteiger partial charge >= 0.3 is 0 Å². The van der Waals surface area contributed by atoms with Crippen LogP contribution in [-0.4, -0.2) is 5.78 Å². The van der Waals surface area contributed by atoms with E-state index in [1.807, 2.05) is 13.8 Å². The van der Waals surface area contributed by atoms with Gasteiger partial charge in [-0.05, 0) is 5.92 Å². The molecule has 1 aromatic rings. The molecule has 0 spiro atoms. The molecule has 1 unspecified atom stereocenters. The van der Waals surface area contributed by atoms with Crippen molar-refractivity contribution in [3.63, 3.8) is 0 Å². The standard InChI is InChI=1S/C15H19F3O/c1-3-5-6-10(4-2)7-14(19)15-12(17)8-11(16)9-13(15)18/h8-10H,3-7H2,1-2H3. The van der Waals surface area contributed by atoms with Crippen LogP contribution in [0.15, 0.2) is 12.1 Å². The average molecular weight is 272 g/mol. The van der Waals surface area contributed by atoms with Crippen LogP contribution in [0.5, 0.6) is 0 Å². The van der Waals surface area contributed by atoms with Crippen LogP contribution in [0.2, 0.25) is 0 Å². The Kier molecular flexibility index (Phi) is 6.06. The lowest BCUT2D eigenvalue weighted by Gasteiger charge is -2.14. The van der Waals surface area contributed by atoms with Crippen LogP contribution in [0.3, 0.4) is 0 Å². The van der Waals surface area contributed by atoms with Gasteiger partial charge in [0, 0.05) is 18.6 Å². The quantitative estimate of drug-likeness (QED) is 0.646. The Morgan fingerprint density at radius 1 is 1.16 bits per heavy atom. The number of halogens is 3. The molecule has 1 aromatic carbocycles. The molecule has 19 heavy (non-hydrogen) atoms. The first-order chi connectivity index (χ1) is 8.99. The van der Waals surface area contributed by atoms with Gasteiger partial charge in [0.05, 0.1) is 5.56 Å². The largest absolute Gasteiger partial charge is 0.294 e. The van der Waals surface area contributed by atoms with E-state index in [-0.39, 0.29) is 12.3 Å². The maximum absolute atomic E-state index is 13.5. The summed E-state index contributed by atoms with van der Waals surface area (Å²) in [5, 5.41) is 0. The molecule has 0 amide bonds. The minimum atomic E-state index is -1.12. The maximum atomic E-state index is 13.5. The van der Waals surface area contributed by atoms with Crippen molar-refractivity contribution in [2.75, 3.05) is 0 Å². The van der Waals surface area contributed by atoms with Gasteiger partial charge in [-0.3, -0.25) is 4.79 Å². The lowest BCUT2D eigenvalue weighted by molar-refractivity contribution is 0.0948. The molecule has 1 atom stereocenters. The first-order valence-electron chi connectivity index (χ1n) is 6.67. The van der Waals surface area contributed by atoms with Gasteiger partial charge in [0.15, 0.2) is 5.78 Å². The molecule has 0 saturated carbocycles. The van der Waals surface area contributed by atoms with Crippen LogP contribution >= 0.6 is 0 Å². The third-order valence-electron chi connectivity index (χ3n) is 3.30. The monoisotopic (exact) mass is 272 g/mol. The van der Waals surface area contributed by atoms with E-state index in [0.717, 1.165) is 25.7 Å². The summed E-state index contributed by atoms with van der Waals surface area (Å²) in [5.41, 5.74) is -0.614. The average Bonchev–Trinajstić information content (AvgIpc) is 2.33. The third kappa shape index (κ3) is 4.37. The van der Waals surface area contributed by atoms with E-state index in [4.69, 9.17) is 0 Å². The lowest BCUT2D eigenvalue weighted by Crippen LogP contribution is -2.12. The summed E-state index contributed by atoms with van der Waals surface area (Å²) < 4.78 is 39.7. The van der Waals surface area contributed by atoms with Crippen LogP contribution in [0.1, 0.15) is 56.3 Å². The summed E-state index contributed by atoms with van der Waals surface area (Å²) in [4.78, 5) is 11.9. The van der Waals surface area contributed by atoms with Gasteiger partial charge in [-0.25, -0.2) is 13.2 Å². The molecule has 0 aliphatic rings. The van der Waals surface area contributed by atoms with Crippen LogP contribution in [0.4, 0.5) is 13.2 Å². The van der Waals surface area contributed by atoms with E-state index in [1.165, 1.54) is 0 Å². The zero-order valence-corrected chi connectivity index (χ0v) is 11.3. The molecule has 0 N–H and O–H groups in total. The highest BCUT2D eigenvalue weighted by atomic mass is 19.1. The summed E-state index contributed by atoms with van der Waals surface area (Å²) in [6.07, 6.45) is 3.76. The molecule has 0 fully saturated rings. The van der Waals surface area contributed by atoms with E-state index in [0.29, 0.717) is 12.1 Å². The van der Waals surface area contributed by atoms with Crippen molar-refractivity contribution in [1.82, 2.24) is 0 Å².